The molecule has 0 aliphatic rings. The zero-order valence-corrected chi connectivity index (χ0v) is 23.9. The Bertz CT molecular complexity index is 2480. The van der Waals surface area contributed by atoms with Gasteiger partial charge in [0.1, 0.15) is 11.2 Å². The third-order valence-corrected chi connectivity index (χ3v) is 8.79. The highest BCUT2D eigenvalue weighted by Gasteiger charge is 2.15. The van der Waals surface area contributed by atoms with Crippen molar-refractivity contribution < 1.29 is 4.42 Å². The van der Waals surface area contributed by atoms with Gasteiger partial charge in [0, 0.05) is 27.2 Å². The standard InChI is InChI=1S/C42H27NO/c1-3-10-28(11-4-1)30-14-9-15-34(24-30)43-39-17-8-7-16-35(39)36-25-32(18-21-40(36)43)33-20-23-42-38(27-33)37-26-31(19-22-41(37)44-42)29-12-5-2-6-13-29/h1-27H. The third-order valence-electron chi connectivity index (χ3n) is 8.79. The zero-order chi connectivity index (χ0) is 29.0. The average Bonchev–Trinajstić information content (AvgIpc) is 3.63. The topological polar surface area (TPSA) is 18.1 Å². The van der Waals surface area contributed by atoms with Crippen LogP contribution in [0, 0.1) is 0 Å². The smallest absolute Gasteiger partial charge is 0.135 e. The van der Waals surface area contributed by atoms with Gasteiger partial charge in [-0.1, -0.05) is 109 Å². The molecule has 0 aliphatic heterocycles. The van der Waals surface area contributed by atoms with Crippen LogP contribution in [0.25, 0.3) is 82.8 Å². The molecule has 7 aromatic carbocycles. The summed E-state index contributed by atoms with van der Waals surface area (Å²) in [7, 11) is 0. The second-order valence-electron chi connectivity index (χ2n) is 11.4. The molecule has 9 aromatic rings. The molecule has 0 bridgehead atoms. The summed E-state index contributed by atoms with van der Waals surface area (Å²) in [4.78, 5) is 0. The van der Waals surface area contributed by atoms with Crippen LogP contribution in [0.15, 0.2) is 168 Å². The summed E-state index contributed by atoms with van der Waals surface area (Å²) < 4.78 is 8.64. The van der Waals surface area contributed by atoms with E-state index >= 15 is 0 Å². The number of benzene rings is 7. The molecule has 2 heteroatoms. The minimum absolute atomic E-state index is 0.907. The molecule has 2 nitrogen and oxygen atoms in total. The van der Waals surface area contributed by atoms with Crippen molar-refractivity contribution in [3.8, 4) is 39.1 Å². The lowest BCUT2D eigenvalue weighted by Gasteiger charge is -2.11. The van der Waals surface area contributed by atoms with Crippen molar-refractivity contribution in [1.29, 1.82) is 0 Å². The number of aromatic nitrogens is 1. The normalized spacial score (nSPS) is 11.6. The first-order valence-electron chi connectivity index (χ1n) is 15.0. The van der Waals surface area contributed by atoms with Crippen molar-refractivity contribution in [2.45, 2.75) is 0 Å². The lowest BCUT2D eigenvalue weighted by molar-refractivity contribution is 0.669. The van der Waals surface area contributed by atoms with E-state index in [2.05, 4.69) is 168 Å². The Kier molecular flexibility index (Phi) is 5.54. The number of hydrogen-bond acceptors (Lipinski definition) is 1. The summed E-state index contributed by atoms with van der Waals surface area (Å²) >= 11 is 0. The van der Waals surface area contributed by atoms with E-state index in [0.29, 0.717) is 0 Å². The zero-order valence-electron chi connectivity index (χ0n) is 23.9. The van der Waals surface area contributed by atoms with Crippen LogP contribution in [-0.4, -0.2) is 4.57 Å². The molecule has 0 radical (unpaired) electrons. The summed E-state index contributed by atoms with van der Waals surface area (Å²) in [5.41, 5.74) is 12.6. The van der Waals surface area contributed by atoms with Gasteiger partial charge in [-0.25, -0.2) is 0 Å². The molecule has 0 N–H and O–H groups in total. The predicted molar refractivity (Wildman–Crippen MR) is 184 cm³/mol. The molecule has 0 spiro atoms. The fourth-order valence-corrected chi connectivity index (χ4v) is 6.65. The molecule has 0 unspecified atom stereocenters. The van der Waals surface area contributed by atoms with Gasteiger partial charge in [-0.05, 0) is 88.0 Å². The van der Waals surface area contributed by atoms with Crippen molar-refractivity contribution in [1.82, 2.24) is 4.57 Å². The number of furan rings is 1. The SMILES string of the molecule is c1ccc(-c2cccc(-n3c4ccccc4c4cc(-c5ccc6oc7ccc(-c8ccccc8)cc7c6c5)ccc43)c2)cc1. The lowest BCUT2D eigenvalue weighted by atomic mass is 9.99. The van der Waals surface area contributed by atoms with Gasteiger partial charge in [-0.15, -0.1) is 0 Å². The molecule has 9 rings (SSSR count). The van der Waals surface area contributed by atoms with Gasteiger partial charge in [0.15, 0.2) is 0 Å². The molecule has 2 heterocycles. The summed E-state index contributed by atoms with van der Waals surface area (Å²) in [5.74, 6) is 0. The van der Waals surface area contributed by atoms with Gasteiger partial charge in [0.25, 0.3) is 0 Å². The number of para-hydroxylation sites is 1. The van der Waals surface area contributed by atoms with E-state index in [1.807, 2.05) is 0 Å². The molecule has 0 atom stereocenters. The van der Waals surface area contributed by atoms with E-state index in [9.17, 15) is 0 Å². The first-order valence-corrected chi connectivity index (χ1v) is 15.0. The minimum Gasteiger partial charge on any atom is -0.456 e. The van der Waals surface area contributed by atoms with Crippen molar-refractivity contribution in [3.05, 3.63) is 164 Å². The molecule has 44 heavy (non-hydrogen) atoms. The van der Waals surface area contributed by atoms with Crippen molar-refractivity contribution in [2.24, 2.45) is 0 Å². The number of hydrogen-bond donors (Lipinski definition) is 0. The fourth-order valence-electron chi connectivity index (χ4n) is 6.65. The number of nitrogens with zero attached hydrogens (tertiary/aromatic N) is 1. The van der Waals surface area contributed by atoms with E-state index in [1.54, 1.807) is 0 Å². The quantitative estimate of drug-likeness (QED) is 0.209. The summed E-state index contributed by atoms with van der Waals surface area (Å²) in [6.45, 7) is 0. The van der Waals surface area contributed by atoms with Gasteiger partial charge in [0.2, 0.25) is 0 Å². The summed E-state index contributed by atoms with van der Waals surface area (Å²) in [5, 5.41) is 4.76. The average molecular weight is 562 g/mol. The highest BCUT2D eigenvalue weighted by molar-refractivity contribution is 6.11. The number of rotatable bonds is 4. The molecule has 0 fully saturated rings. The highest BCUT2D eigenvalue weighted by Crippen LogP contribution is 2.38. The van der Waals surface area contributed by atoms with Crippen LogP contribution < -0.4 is 0 Å². The van der Waals surface area contributed by atoms with Gasteiger partial charge >= 0.3 is 0 Å². The Morgan fingerprint density at radius 2 is 0.818 bits per heavy atom. The van der Waals surface area contributed by atoms with Gasteiger partial charge in [-0.2, -0.15) is 0 Å². The summed E-state index contributed by atoms with van der Waals surface area (Å²) in [6, 6.07) is 58.5. The molecular weight excluding hydrogens is 534 g/mol. The molecular formula is C42H27NO. The van der Waals surface area contributed by atoms with Crippen LogP contribution in [0.1, 0.15) is 0 Å². The second-order valence-corrected chi connectivity index (χ2v) is 11.4. The number of fused-ring (bicyclic) bond motifs is 6. The largest absolute Gasteiger partial charge is 0.456 e. The molecule has 0 saturated carbocycles. The van der Waals surface area contributed by atoms with E-state index < -0.39 is 0 Å². The summed E-state index contributed by atoms with van der Waals surface area (Å²) in [6.07, 6.45) is 0. The van der Waals surface area contributed by atoms with Gasteiger partial charge in [0.05, 0.1) is 11.0 Å². The second kappa shape index (κ2) is 9.86. The first-order chi connectivity index (χ1) is 21.8. The Labute approximate surface area is 255 Å². The van der Waals surface area contributed by atoms with Crippen molar-refractivity contribution >= 4 is 43.7 Å². The lowest BCUT2D eigenvalue weighted by Crippen LogP contribution is -1.94. The third kappa shape index (κ3) is 3.96. The van der Waals surface area contributed by atoms with Crippen molar-refractivity contribution in [3.63, 3.8) is 0 Å². The maximum atomic E-state index is 6.25. The maximum absolute atomic E-state index is 6.25. The molecule has 206 valence electrons. The van der Waals surface area contributed by atoms with Gasteiger partial charge < -0.3 is 8.98 Å². The van der Waals surface area contributed by atoms with Crippen LogP contribution in [0.5, 0.6) is 0 Å². The van der Waals surface area contributed by atoms with Crippen LogP contribution in [0.3, 0.4) is 0 Å². The Balaban J connectivity index is 1.20. The van der Waals surface area contributed by atoms with Crippen molar-refractivity contribution in [2.75, 3.05) is 0 Å². The Morgan fingerprint density at radius 1 is 0.318 bits per heavy atom. The Hall–Kier alpha value is -5.86. The molecule has 2 aromatic heterocycles. The fraction of sp³-hybridized carbons (Fsp3) is 0. The van der Waals surface area contributed by atoms with E-state index in [0.717, 1.165) is 27.6 Å². The predicted octanol–water partition coefficient (Wildman–Crippen LogP) is 11.7. The molecule has 0 amide bonds. The van der Waals surface area contributed by atoms with Crippen LogP contribution in [0.4, 0.5) is 0 Å². The monoisotopic (exact) mass is 561 g/mol. The first kappa shape index (κ1) is 24.7. The highest BCUT2D eigenvalue weighted by atomic mass is 16.3. The van der Waals surface area contributed by atoms with Crippen LogP contribution in [-0.2, 0) is 0 Å². The molecule has 0 saturated heterocycles. The van der Waals surface area contributed by atoms with E-state index in [-0.39, 0.29) is 0 Å². The van der Waals surface area contributed by atoms with E-state index in [1.165, 1.54) is 55.2 Å². The maximum Gasteiger partial charge on any atom is 0.135 e. The van der Waals surface area contributed by atoms with Gasteiger partial charge in [-0.3, -0.25) is 0 Å². The van der Waals surface area contributed by atoms with Crippen LogP contribution in [0.2, 0.25) is 0 Å². The van der Waals surface area contributed by atoms with E-state index in [4.69, 9.17) is 4.42 Å². The Morgan fingerprint density at radius 3 is 1.50 bits per heavy atom. The minimum atomic E-state index is 0.907. The van der Waals surface area contributed by atoms with Crippen LogP contribution >= 0.6 is 0 Å². The molecule has 0 aliphatic carbocycles.